The lowest BCUT2D eigenvalue weighted by atomic mass is 9.96. The predicted octanol–water partition coefficient (Wildman–Crippen LogP) is 3.47. The molecule has 0 aliphatic carbocycles. The van der Waals surface area contributed by atoms with Gasteiger partial charge in [-0.05, 0) is 36.3 Å². The number of nitrogens with two attached hydrogens (primary N) is 2. The number of carbonyl (C=O) groups excluding carboxylic acids is 1. The Bertz CT molecular complexity index is 1020. The lowest BCUT2D eigenvalue weighted by Gasteiger charge is -2.43. The quantitative estimate of drug-likeness (QED) is 0.512. The van der Waals surface area contributed by atoms with E-state index in [1.54, 1.807) is 0 Å². The van der Waals surface area contributed by atoms with Gasteiger partial charge in [-0.2, -0.15) is 4.98 Å². The summed E-state index contributed by atoms with van der Waals surface area (Å²) >= 11 is 0. The van der Waals surface area contributed by atoms with Gasteiger partial charge in [-0.25, -0.2) is 13.6 Å². The summed E-state index contributed by atoms with van der Waals surface area (Å²) in [4.78, 5) is 28.9. The molecule has 13 heteroatoms. The van der Waals surface area contributed by atoms with Crippen molar-refractivity contribution in [2.45, 2.75) is 102 Å². The molecular weight excluding hydrogens is 494 g/mol. The summed E-state index contributed by atoms with van der Waals surface area (Å²) in [7, 11) is -5.14. The van der Waals surface area contributed by atoms with Gasteiger partial charge in [-0.3, -0.25) is 9.36 Å². The molecule has 0 radical (unpaired) electrons. The molecule has 2 heterocycles. The first-order chi connectivity index (χ1) is 15.6. The van der Waals surface area contributed by atoms with E-state index in [1.165, 1.54) is 0 Å². The summed E-state index contributed by atoms with van der Waals surface area (Å²) in [5, 5.41) is -0.574. The first-order valence-corrected chi connectivity index (χ1v) is 17.4. The van der Waals surface area contributed by atoms with Gasteiger partial charge in [0.05, 0.1) is 12.8 Å². The Morgan fingerprint density at radius 2 is 1.69 bits per heavy atom. The highest BCUT2D eigenvalue weighted by molar-refractivity contribution is 6.74. The Labute approximate surface area is 207 Å². The topological polar surface area (TPSA) is 132 Å². The highest BCUT2D eigenvalue weighted by atomic mass is 28.4. The number of amides is 1. The van der Waals surface area contributed by atoms with Crippen molar-refractivity contribution in [2.24, 2.45) is 5.73 Å². The van der Waals surface area contributed by atoms with E-state index in [2.05, 4.69) is 4.98 Å². The largest absolute Gasteiger partial charge is 0.413 e. The number of carbonyl (C=O) groups is 1. The first kappa shape index (κ1) is 29.6. The Morgan fingerprint density at radius 3 is 2.14 bits per heavy atom. The number of primary amides is 1. The van der Waals surface area contributed by atoms with Crippen LogP contribution in [-0.4, -0.2) is 56.6 Å². The molecule has 1 aliphatic heterocycles. The highest BCUT2D eigenvalue weighted by Crippen LogP contribution is 2.47. The Morgan fingerprint density at radius 1 is 1.17 bits per heavy atom. The van der Waals surface area contributed by atoms with Crippen LogP contribution >= 0.6 is 0 Å². The van der Waals surface area contributed by atoms with E-state index >= 15 is 4.39 Å². The monoisotopic (exact) mass is 534 g/mol. The number of alkyl halides is 1. The standard InChI is InChI=1S/C22H40F2N4O5Si2/c1-20(2,3)34(7,8)31-12-22(18(26)29)15(33-35(9,10)21(4,5)6)14(24)17(32-22)28-11-13(23)16(25)27-19(28)30/h11,14-15,17H,12H2,1-10H3,(H2,26,29)(H2,25,27,30)/t14-,15-,17+,22+/m0/s1. The molecule has 1 amide bonds. The summed E-state index contributed by atoms with van der Waals surface area (Å²) in [5.41, 5.74) is 8.11. The van der Waals surface area contributed by atoms with Crippen LogP contribution in [0.1, 0.15) is 47.8 Å². The maximum absolute atomic E-state index is 16.2. The molecule has 0 bridgehead atoms. The molecule has 1 saturated heterocycles. The van der Waals surface area contributed by atoms with Crippen molar-refractivity contribution in [2.75, 3.05) is 12.3 Å². The Kier molecular flexibility index (Phi) is 7.87. The van der Waals surface area contributed by atoms with Crippen LogP contribution in [0.25, 0.3) is 0 Å². The maximum Gasteiger partial charge on any atom is 0.351 e. The van der Waals surface area contributed by atoms with Crippen LogP contribution < -0.4 is 17.2 Å². The summed E-state index contributed by atoms with van der Waals surface area (Å²) in [6.07, 6.45) is -4.57. The fourth-order valence-electron chi connectivity index (χ4n) is 3.15. The van der Waals surface area contributed by atoms with Gasteiger partial charge in [0.15, 0.2) is 46.3 Å². The SMILES string of the molecule is CC(C)(C)[Si](C)(C)OC[C@@]1(C(N)=O)O[C@@H](n2cc(F)c(N)nc2=O)[C@@H](F)[C@@H]1O[Si](C)(C)C(C)(C)C. The highest BCUT2D eigenvalue weighted by Gasteiger charge is 2.64. The molecule has 35 heavy (non-hydrogen) atoms. The predicted molar refractivity (Wildman–Crippen MR) is 135 cm³/mol. The second kappa shape index (κ2) is 9.32. The van der Waals surface area contributed by atoms with E-state index in [-0.39, 0.29) is 16.7 Å². The van der Waals surface area contributed by atoms with Crippen LogP contribution in [0.5, 0.6) is 0 Å². The summed E-state index contributed by atoms with van der Waals surface area (Å²) in [6, 6.07) is 0. The normalized spacial score (nSPS) is 26.2. The van der Waals surface area contributed by atoms with Crippen LogP contribution in [0.4, 0.5) is 14.6 Å². The van der Waals surface area contributed by atoms with Gasteiger partial charge in [0.2, 0.25) is 0 Å². The van der Waals surface area contributed by atoms with Gasteiger partial charge in [-0.1, -0.05) is 41.5 Å². The molecule has 200 valence electrons. The third-order valence-electron chi connectivity index (χ3n) is 7.66. The third-order valence-corrected chi connectivity index (χ3v) is 16.6. The van der Waals surface area contributed by atoms with Crippen molar-refractivity contribution in [3.8, 4) is 0 Å². The number of ether oxygens (including phenoxy) is 1. The lowest BCUT2D eigenvalue weighted by molar-refractivity contribution is -0.161. The zero-order valence-electron chi connectivity index (χ0n) is 22.4. The van der Waals surface area contributed by atoms with Crippen molar-refractivity contribution in [1.82, 2.24) is 9.55 Å². The lowest BCUT2D eigenvalue weighted by Crippen LogP contribution is -2.62. The van der Waals surface area contributed by atoms with E-state index in [0.29, 0.717) is 10.8 Å². The molecule has 1 aromatic heterocycles. The van der Waals surface area contributed by atoms with Crippen molar-refractivity contribution in [3.05, 3.63) is 22.5 Å². The summed E-state index contributed by atoms with van der Waals surface area (Å²) < 4.78 is 49.5. The van der Waals surface area contributed by atoms with Crippen LogP contribution in [0, 0.1) is 5.82 Å². The minimum atomic E-state index is -2.69. The minimum Gasteiger partial charge on any atom is -0.413 e. The summed E-state index contributed by atoms with van der Waals surface area (Å²) in [5.74, 6) is -2.66. The van der Waals surface area contributed by atoms with E-state index in [9.17, 15) is 14.0 Å². The number of aromatic nitrogens is 2. The average Bonchev–Trinajstić information content (AvgIpc) is 2.94. The number of halogens is 2. The number of anilines is 1. The summed E-state index contributed by atoms with van der Waals surface area (Å²) in [6.45, 7) is 19.3. The maximum atomic E-state index is 16.2. The molecule has 4 N–H and O–H groups in total. The van der Waals surface area contributed by atoms with Gasteiger partial charge < -0.3 is 25.1 Å². The Balaban J connectivity index is 2.65. The van der Waals surface area contributed by atoms with Crippen LogP contribution in [-0.2, 0) is 18.4 Å². The molecule has 9 nitrogen and oxygen atoms in total. The molecule has 0 unspecified atom stereocenters. The zero-order chi connectivity index (χ0) is 27.4. The van der Waals surface area contributed by atoms with Crippen LogP contribution in [0.2, 0.25) is 36.3 Å². The van der Waals surface area contributed by atoms with Crippen molar-refractivity contribution in [1.29, 1.82) is 0 Å². The second-order valence-electron chi connectivity index (χ2n) is 12.2. The number of nitrogens with zero attached hydrogens (tertiary/aromatic N) is 2. The number of hydrogen-bond acceptors (Lipinski definition) is 7. The molecule has 1 aromatic rings. The van der Waals surface area contributed by atoms with Crippen molar-refractivity contribution < 1.29 is 27.2 Å². The van der Waals surface area contributed by atoms with E-state index in [0.717, 1.165) is 0 Å². The van der Waals surface area contributed by atoms with Gasteiger partial charge >= 0.3 is 5.69 Å². The fourth-order valence-corrected chi connectivity index (χ4v) is 5.47. The van der Waals surface area contributed by atoms with Crippen LogP contribution in [0.3, 0.4) is 0 Å². The smallest absolute Gasteiger partial charge is 0.351 e. The van der Waals surface area contributed by atoms with Crippen molar-refractivity contribution >= 4 is 28.4 Å². The molecular formula is C22H40F2N4O5Si2. The van der Waals surface area contributed by atoms with Crippen LogP contribution in [0.15, 0.2) is 11.0 Å². The first-order valence-electron chi connectivity index (χ1n) is 11.6. The molecule has 0 spiro atoms. The molecule has 1 fully saturated rings. The molecule has 1 aliphatic rings. The molecule has 0 aromatic carbocycles. The van der Waals surface area contributed by atoms with Crippen molar-refractivity contribution in [3.63, 3.8) is 0 Å². The number of hydrogen-bond donors (Lipinski definition) is 2. The number of rotatable bonds is 7. The van der Waals surface area contributed by atoms with Gasteiger partial charge in [0.25, 0.3) is 5.91 Å². The van der Waals surface area contributed by atoms with Gasteiger partial charge in [0.1, 0.15) is 6.10 Å². The van der Waals surface area contributed by atoms with E-state index in [1.807, 2.05) is 67.7 Å². The second-order valence-corrected chi connectivity index (χ2v) is 21.8. The molecule has 0 saturated carbocycles. The number of nitrogen functional groups attached to an aromatic ring is 1. The van der Waals surface area contributed by atoms with E-state index < -0.39 is 64.0 Å². The fraction of sp³-hybridized carbons (Fsp3) is 0.773. The van der Waals surface area contributed by atoms with E-state index in [4.69, 9.17) is 25.1 Å². The molecule has 4 atom stereocenters. The Hall–Kier alpha value is -1.68. The molecule has 2 rings (SSSR count). The average molecular weight is 535 g/mol. The van der Waals surface area contributed by atoms with Gasteiger partial charge in [0, 0.05) is 0 Å². The third kappa shape index (κ3) is 5.53. The zero-order valence-corrected chi connectivity index (χ0v) is 24.4. The minimum absolute atomic E-state index is 0.227. The van der Waals surface area contributed by atoms with Gasteiger partial charge in [-0.15, -0.1) is 0 Å².